The Morgan fingerprint density at radius 1 is 1.19 bits per heavy atom. The van der Waals surface area contributed by atoms with Gasteiger partial charge in [-0.25, -0.2) is 4.79 Å². The largest absolute Gasteiger partial charge is 0.416 e. The van der Waals surface area contributed by atoms with Crippen LogP contribution in [0.3, 0.4) is 0 Å². The number of halogens is 3. The van der Waals surface area contributed by atoms with Crippen molar-refractivity contribution < 1.29 is 22.8 Å². The normalized spacial score (nSPS) is 11.0. The first-order chi connectivity index (χ1) is 9.79. The lowest BCUT2D eigenvalue weighted by molar-refractivity contribution is -0.137. The summed E-state index contributed by atoms with van der Waals surface area (Å²) in [5.41, 5.74) is 4.15. The summed E-state index contributed by atoms with van der Waals surface area (Å²) in [4.78, 5) is 22.0. The van der Waals surface area contributed by atoms with Crippen molar-refractivity contribution in [3.05, 3.63) is 29.8 Å². The molecule has 5 nitrogen and oxygen atoms in total. The number of nitrogens with two attached hydrogens (primary N) is 1. The van der Waals surface area contributed by atoms with Gasteiger partial charge in [-0.1, -0.05) is 6.07 Å². The van der Waals surface area contributed by atoms with Crippen molar-refractivity contribution in [1.29, 1.82) is 0 Å². The molecule has 0 atom stereocenters. The average Bonchev–Trinajstić information content (AvgIpc) is 2.37. The molecule has 0 aliphatic heterocycles. The highest BCUT2D eigenvalue weighted by atomic mass is 19.4. The third-order valence-electron chi connectivity index (χ3n) is 2.60. The van der Waals surface area contributed by atoms with Crippen molar-refractivity contribution in [2.45, 2.75) is 25.4 Å². The van der Waals surface area contributed by atoms with Crippen LogP contribution in [0.2, 0.25) is 0 Å². The maximum Gasteiger partial charge on any atom is 0.416 e. The second-order valence-corrected chi connectivity index (χ2v) is 4.37. The van der Waals surface area contributed by atoms with Crippen molar-refractivity contribution in [3.63, 3.8) is 0 Å². The van der Waals surface area contributed by atoms with Crippen molar-refractivity contribution in [3.8, 4) is 0 Å². The van der Waals surface area contributed by atoms with Crippen LogP contribution in [0.5, 0.6) is 0 Å². The lowest BCUT2D eigenvalue weighted by atomic mass is 10.2. The van der Waals surface area contributed by atoms with Gasteiger partial charge in [-0.3, -0.25) is 4.79 Å². The number of alkyl halides is 3. The number of urea groups is 1. The molecule has 0 fully saturated rings. The van der Waals surface area contributed by atoms with Crippen molar-refractivity contribution >= 4 is 17.6 Å². The Morgan fingerprint density at radius 3 is 2.52 bits per heavy atom. The maximum atomic E-state index is 12.5. The topological polar surface area (TPSA) is 84.2 Å². The van der Waals surface area contributed by atoms with Gasteiger partial charge in [0.1, 0.15) is 0 Å². The number of benzene rings is 1. The molecule has 0 unspecified atom stereocenters. The molecule has 0 aromatic heterocycles. The number of unbranched alkanes of at least 4 members (excludes halogenated alkanes) is 1. The van der Waals surface area contributed by atoms with Crippen LogP contribution >= 0.6 is 0 Å². The van der Waals surface area contributed by atoms with Gasteiger partial charge in [-0.15, -0.1) is 0 Å². The molecule has 1 aromatic rings. The van der Waals surface area contributed by atoms with E-state index in [4.69, 9.17) is 5.73 Å². The van der Waals surface area contributed by atoms with E-state index in [-0.39, 0.29) is 18.0 Å². The average molecular weight is 303 g/mol. The minimum Gasteiger partial charge on any atom is -0.352 e. The van der Waals surface area contributed by atoms with E-state index in [0.29, 0.717) is 19.4 Å². The smallest absolute Gasteiger partial charge is 0.352 e. The Morgan fingerprint density at radius 2 is 1.90 bits per heavy atom. The molecule has 4 N–H and O–H groups in total. The van der Waals surface area contributed by atoms with E-state index in [1.165, 1.54) is 12.1 Å². The standard InChI is InChI=1S/C13H16F3N3O2/c14-13(15,16)9-4-3-5-10(8-9)19-11(20)6-1-2-7-18-12(17)21/h3-5,8H,1-2,6-7H2,(H,19,20)(H3,17,18,21). The molecule has 0 saturated carbocycles. The molecule has 0 spiro atoms. The van der Waals surface area contributed by atoms with Crippen LogP contribution in [0.1, 0.15) is 24.8 Å². The fraction of sp³-hybridized carbons (Fsp3) is 0.385. The highest BCUT2D eigenvalue weighted by molar-refractivity contribution is 5.90. The van der Waals surface area contributed by atoms with Crippen molar-refractivity contribution in [2.75, 3.05) is 11.9 Å². The number of hydrogen-bond donors (Lipinski definition) is 3. The molecule has 0 aliphatic rings. The molecular formula is C13H16F3N3O2. The van der Waals surface area contributed by atoms with Gasteiger partial charge in [0.15, 0.2) is 0 Å². The molecule has 0 saturated heterocycles. The SMILES string of the molecule is NC(=O)NCCCCC(=O)Nc1cccc(C(F)(F)F)c1. The van der Waals surface area contributed by atoms with Gasteiger partial charge in [0.05, 0.1) is 5.56 Å². The van der Waals surface area contributed by atoms with E-state index in [9.17, 15) is 22.8 Å². The minimum absolute atomic E-state index is 0.102. The zero-order valence-corrected chi connectivity index (χ0v) is 11.2. The van der Waals surface area contributed by atoms with E-state index in [1.807, 2.05) is 0 Å². The summed E-state index contributed by atoms with van der Waals surface area (Å²) in [5.74, 6) is -0.381. The second kappa shape index (κ2) is 7.51. The van der Waals surface area contributed by atoms with Crippen LogP contribution in [0.15, 0.2) is 24.3 Å². The number of primary amides is 1. The predicted octanol–water partition coefficient (Wildman–Crippen LogP) is 2.48. The maximum absolute atomic E-state index is 12.5. The summed E-state index contributed by atoms with van der Waals surface area (Å²) >= 11 is 0. The lowest BCUT2D eigenvalue weighted by Crippen LogP contribution is -2.30. The zero-order valence-electron chi connectivity index (χ0n) is 11.2. The predicted molar refractivity (Wildman–Crippen MR) is 71.5 cm³/mol. The quantitative estimate of drug-likeness (QED) is 0.705. The number of anilines is 1. The fourth-order valence-electron chi connectivity index (χ4n) is 1.62. The number of nitrogens with one attached hydrogen (secondary N) is 2. The van der Waals surface area contributed by atoms with Gasteiger partial charge in [0, 0.05) is 18.7 Å². The van der Waals surface area contributed by atoms with E-state index in [0.717, 1.165) is 12.1 Å². The van der Waals surface area contributed by atoms with Crippen LogP contribution < -0.4 is 16.4 Å². The molecule has 0 aliphatic carbocycles. The molecule has 0 heterocycles. The lowest BCUT2D eigenvalue weighted by Gasteiger charge is -2.10. The number of amides is 3. The molecule has 3 amide bonds. The summed E-state index contributed by atoms with van der Waals surface area (Å²) in [6, 6.07) is 3.80. The number of hydrogen-bond acceptors (Lipinski definition) is 2. The summed E-state index contributed by atoms with van der Waals surface area (Å²) in [5, 5.41) is 4.78. The van der Waals surface area contributed by atoms with Crippen molar-refractivity contribution in [2.24, 2.45) is 5.73 Å². The van der Waals surface area contributed by atoms with Crippen LogP contribution in [0, 0.1) is 0 Å². The Labute approximate surface area is 119 Å². The number of rotatable bonds is 6. The summed E-state index contributed by atoms with van der Waals surface area (Å²) in [6.45, 7) is 0.353. The first kappa shape index (κ1) is 16.8. The first-order valence-corrected chi connectivity index (χ1v) is 6.29. The molecule has 21 heavy (non-hydrogen) atoms. The summed E-state index contributed by atoms with van der Waals surface area (Å²) in [6.07, 6.45) is -3.25. The Kier molecular flexibility index (Phi) is 6.01. The fourth-order valence-corrected chi connectivity index (χ4v) is 1.62. The molecule has 1 rings (SSSR count). The number of carbonyl (C=O) groups excluding carboxylic acids is 2. The third kappa shape index (κ3) is 6.64. The Bertz CT molecular complexity index is 504. The zero-order chi connectivity index (χ0) is 15.9. The van der Waals surface area contributed by atoms with Crippen molar-refractivity contribution in [1.82, 2.24) is 5.32 Å². The molecule has 0 radical (unpaired) electrons. The van der Waals surface area contributed by atoms with E-state index < -0.39 is 17.8 Å². The van der Waals surface area contributed by atoms with Crippen LogP contribution in [0.4, 0.5) is 23.7 Å². The Hall–Kier alpha value is -2.25. The summed E-state index contributed by atoms with van der Waals surface area (Å²) in [7, 11) is 0. The van der Waals surface area contributed by atoms with Crippen LogP contribution in [-0.2, 0) is 11.0 Å². The van der Waals surface area contributed by atoms with Crippen LogP contribution in [0.25, 0.3) is 0 Å². The van der Waals surface area contributed by atoms with Gasteiger partial charge in [0.2, 0.25) is 5.91 Å². The monoisotopic (exact) mass is 303 g/mol. The molecule has 1 aromatic carbocycles. The number of carbonyl (C=O) groups is 2. The minimum atomic E-state index is -4.44. The van der Waals surface area contributed by atoms with Gasteiger partial charge in [-0.2, -0.15) is 13.2 Å². The second-order valence-electron chi connectivity index (χ2n) is 4.37. The van der Waals surface area contributed by atoms with E-state index >= 15 is 0 Å². The van der Waals surface area contributed by atoms with Gasteiger partial charge < -0.3 is 16.4 Å². The first-order valence-electron chi connectivity index (χ1n) is 6.29. The van der Waals surface area contributed by atoms with Gasteiger partial charge >= 0.3 is 12.2 Å². The van der Waals surface area contributed by atoms with E-state index in [2.05, 4.69) is 10.6 Å². The molecular weight excluding hydrogens is 287 g/mol. The van der Waals surface area contributed by atoms with Gasteiger partial charge in [0.25, 0.3) is 0 Å². The molecule has 116 valence electrons. The van der Waals surface area contributed by atoms with Gasteiger partial charge in [-0.05, 0) is 31.0 Å². The van der Waals surface area contributed by atoms with E-state index in [1.54, 1.807) is 0 Å². The molecule has 0 bridgehead atoms. The summed E-state index contributed by atoms with van der Waals surface area (Å²) < 4.78 is 37.5. The Balaban J connectivity index is 2.39. The highest BCUT2D eigenvalue weighted by Gasteiger charge is 2.30. The molecule has 8 heteroatoms. The highest BCUT2D eigenvalue weighted by Crippen LogP contribution is 2.30. The van der Waals surface area contributed by atoms with Crippen LogP contribution in [-0.4, -0.2) is 18.5 Å². The third-order valence-corrected chi connectivity index (χ3v) is 2.60.